The van der Waals surface area contributed by atoms with Gasteiger partial charge in [-0.1, -0.05) is 46.8 Å². The molecule has 10 atom stereocenters. The fourth-order valence-corrected chi connectivity index (χ4v) is 12.4. The van der Waals surface area contributed by atoms with Gasteiger partial charge in [-0.3, -0.25) is 14.4 Å². The topological polar surface area (TPSA) is 89.9 Å². The average Bonchev–Trinajstić information content (AvgIpc) is 3.29. The first-order valence-electron chi connectivity index (χ1n) is 16.7. The van der Waals surface area contributed by atoms with E-state index in [1.165, 1.54) is 31.3 Å². The molecule has 6 nitrogen and oxygen atoms in total. The van der Waals surface area contributed by atoms with Crippen molar-refractivity contribution in [2.45, 2.75) is 132 Å². The summed E-state index contributed by atoms with van der Waals surface area (Å²) in [5.74, 6) is 1.19. The Bertz CT molecular complexity index is 1130. The van der Waals surface area contributed by atoms with Crippen LogP contribution in [0, 0.1) is 56.7 Å². The molecule has 0 heterocycles. The highest BCUT2D eigenvalue weighted by Gasteiger charge is 2.71. The summed E-state index contributed by atoms with van der Waals surface area (Å²) in [4.78, 5) is 35.5. The molecule has 0 bridgehead atoms. The molecule has 6 heteroatoms. The third-order valence-electron chi connectivity index (χ3n) is 14.6. The second-order valence-corrected chi connectivity index (χ2v) is 16.6. The number of carboxylic acids is 1. The SMILES string of the molecule is C=C(C)[C@@H]1CC[C@]2(COC(C)=O)CC[C@]3(C)[C@H](CC[C@H]4[C@@]5(C)CC[C@H](OC(=O)CCC(=O)O)C(C)(C)[C@@H]5CC[C@]43C)[C@@H]12. The van der Waals surface area contributed by atoms with Crippen molar-refractivity contribution >= 4 is 17.9 Å². The number of aliphatic carboxylic acids is 1. The van der Waals surface area contributed by atoms with Gasteiger partial charge in [0.15, 0.2) is 0 Å². The summed E-state index contributed by atoms with van der Waals surface area (Å²) < 4.78 is 11.8. The number of fused-ring (bicyclic) bond motifs is 7. The lowest BCUT2D eigenvalue weighted by Gasteiger charge is -2.73. The molecular weight excluding hydrogens is 528 g/mol. The number of allylic oxidation sites excluding steroid dienone is 1. The van der Waals surface area contributed by atoms with Gasteiger partial charge in [-0.25, -0.2) is 0 Å². The van der Waals surface area contributed by atoms with Gasteiger partial charge in [0.25, 0.3) is 0 Å². The van der Waals surface area contributed by atoms with E-state index in [1.54, 1.807) is 6.92 Å². The van der Waals surface area contributed by atoms with Gasteiger partial charge in [0.1, 0.15) is 6.10 Å². The lowest BCUT2D eigenvalue weighted by molar-refractivity contribution is -0.252. The standard InChI is InChI=1S/C36H56O6/c1-22(2)24-13-18-36(21-41-23(3)37)20-19-34(7)25(31(24)36)9-10-27-33(6)16-15-28(42-30(40)12-11-29(38)39)32(4,5)26(33)14-17-35(27,34)8/h24-28,31H,1,9-21H2,2-8H3,(H,38,39)/t24-,25+,26-,27-,28-,31+,33-,34+,35+,36+/m0/s1. The molecule has 236 valence electrons. The minimum Gasteiger partial charge on any atom is -0.481 e. The summed E-state index contributed by atoms with van der Waals surface area (Å²) in [6.07, 6.45) is 10.9. The normalized spacial score (nSPS) is 45.4. The fraction of sp³-hybridized carbons (Fsp3) is 0.861. The number of ether oxygens (including phenoxy) is 2. The Balaban J connectivity index is 1.42. The van der Waals surface area contributed by atoms with Gasteiger partial charge in [0.2, 0.25) is 0 Å². The summed E-state index contributed by atoms with van der Waals surface area (Å²) in [6, 6.07) is 0. The smallest absolute Gasteiger partial charge is 0.306 e. The molecule has 0 aromatic heterocycles. The Hall–Kier alpha value is -1.85. The molecule has 0 aromatic rings. The van der Waals surface area contributed by atoms with Crippen molar-refractivity contribution in [1.82, 2.24) is 0 Å². The van der Waals surface area contributed by atoms with E-state index in [0.717, 1.165) is 38.5 Å². The molecule has 5 rings (SSSR count). The number of esters is 2. The molecule has 0 spiro atoms. The fourth-order valence-electron chi connectivity index (χ4n) is 12.4. The molecule has 5 saturated carbocycles. The minimum atomic E-state index is -0.961. The second-order valence-electron chi connectivity index (χ2n) is 16.6. The molecule has 0 aliphatic heterocycles. The highest BCUT2D eigenvalue weighted by atomic mass is 16.5. The highest BCUT2D eigenvalue weighted by Crippen LogP contribution is 2.77. The molecular formula is C36H56O6. The van der Waals surface area contributed by atoms with Gasteiger partial charge in [0, 0.05) is 17.8 Å². The number of hydrogen-bond donors (Lipinski definition) is 1. The van der Waals surface area contributed by atoms with Crippen LogP contribution in [-0.2, 0) is 23.9 Å². The van der Waals surface area contributed by atoms with Crippen LogP contribution >= 0.6 is 0 Å². The highest BCUT2D eigenvalue weighted by molar-refractivity contribution is 5.76. The van der Waals surface area contributed by atoms with Crippen LogP contribution in [0.2, 0.25) is 0 Å². The van der Waals surface area contributed by atoms with Crippen molar-refractivity contribution in [3.05, 3.63) is 12.2 Å². The van der Waals surface area contributed by atoms with E-state index in [-0.39, 0.29) is 58.0 Å². The zero-order valence-electron chi connectivity index (χ0n) is 27.4. The average molecular weight is 585 g/mol. The third kappa shape index (κ3) is 4.67. The molecule has 5 aliphatic rings. The van der Waals surface area contributed by atoms with Crippen LogP contribution < -0.4 is 0 Å². The van der Waals surface area contributed by atoms with Crippen LogP contribution in [0.1, 0.15) is 126 Å². The molecule has 0 unspecified atom stereocenters. The summed E-state index contributed by atoms with van der Waals surface area (Å²) in [5.41, 5.74) is 1.83. The van der Waals surface area contributed by atoms with Crippen molar-refractivity contribution in [3.63, 3.8) is 0 Å². The van der Waals surface area contributed by atoms with Crippen molar-refractivity contribution in [2.75, 3.05) is 6.61 Å². The first-order valence-corrected chi connectivity index (χ1v) is 16.7. The summed E-state index contributed by atoms with van der Waals surface area (Å²) >= 11 is 0. The zero-order chi connectivity index (χ0) is 30.9. The van der Waals surface area contributed by atoms with Crippen LogP contribution in [0.25, 0.3) is 0 Å². The first-order chi connectivity index (χ1) is 19.5. The molecule has 5 fully saturated rings. The first kappa shape index (κ1) is 31.6. The summed E-state index contributed by atoms with van der Waals surface area (Å²) in [5, 5.41) is 9.02. The van der Waals surface area contributed by atoms with Crippen LogP contribution in [0.5, 0.6) is 0 Å². The number of carbonyl (C=O) groups excluding carboxylic acids is 2. The minimum absolute atomic E-state index is 0.0599. The number of rotatable bonds is 7. The van der Waals surface area contributed by atoms with E-state index in [1.807, 2.05) is 0 Å². The quantitative estimate of drug-likeness (QED) is 0.241. The third-order valence-corrected chi connectivity index (χ3v) is 14.6. The lowest BCUT2D eigenvalue weighted by atomic mass is 9.32. The number of hydrogen-bond acceptors (Lipinski definition) is 5. The van der Waals surface area contributed by atoms with Crippen LogP contribution in [0.4, 0.5) is 0 Å². The molecule has 0 radical (unpaired) electrons. The predicted molar refractivity (Wildman–Crippen MR) is 162 cm³/mol. The molecule has 0 amide bonds. The van der Waals surface area contributed by atoms with Gasteiger partial charge in [-0.05, 0) is 117 Å². The van der Waals surface area contributed by atoms with E-state index in [0.29, 0.717) is 36.2 Å². The Labute approximate surface area is 253 Å². The van der Waals surface area contributed by atoms with Gasteiger partial charge in [-0.15, -0.1) is 0 Å². The van der Waals surface area contributed by atoms with Crippen LogP contribution in [-0.4, -0.2) is 35.7 Å². The van der Waals surface area contributed by atoms with Crippen molar-refractivity contribution in [3.8, 4) is 0 Å². The summed E-state index contributed by atoms with van der Waals surface area (Å²) in [7, 11) is 0. The van der Waals surface area contributed by atoms with E-state index in [2.05, 4.69) is 48.1 Å². The maximum atomic E-state index is 12.6. The molecule has 42 heavy (non-hydrogen) atoms. The van der Waals surface area contributed by atoms with Crippen molar-refractivity contribution < 1.29 is 29.0 Å². The van der Waals surface area contributed by atoms with Crippen LogP contribution in [0.15, 0.2) is 12.2 Å². The largest absolute Gasteiger partial charge is 0.481 e. The number of carboxylic acid groups (broad SMARTS) is 1. The maximum Gasteiger partial charge on any atom is 0.306 e. The zero-order valence-corrected chi connectivity index (χ0v) is 27.4. The Morgan fingerprint density at radius 1 is 0.810 bits per heavy atom. The van der Waals surface area contributed by atoms with Crippen molar-refractivity contribution in [1.29, 1.82) is 0 Å². The molecule has 5 aliphatic carbocycles. The predicted octanol–water partition coefficient (Wildman–Crippen LogP) is 7.98. The molecule has 0 aromatic carbocycles. The maximum absolute atomic E-state index is 12.6. The van der Waals surface area contributed by atoms with E-state index in [4.69, 9.17) is 14.6 Å². The summed E-state index contributed by atoms with van der Waals surface area (Å²) in [6.45, 7) is 21.2. The Morgan fingerprint density at radius 2 is 1.52 bits per heavy atom. The monoisotopic (exact) mass is 584 g/mol. The van der Waals surface area contributed by atoms with Gasteiger partial charge < -0.3 is 14.6 Å². The Morgan fingerprint density at radius 3 is 2.17 bits per heavy atom. The molecule has 1 N–H and O–H groups in total. The van der Waals surface area contributed by atoms with Gasteiger partial charge in [0.05, 0.1) is 19.4 Å². The van der Waals surface area contributed by atoms with Crippen LogP contribution in [0.3, 0.4) is 0 Å². The van der Waals surface area contributed by atoms with E-state index in [9.17, 15) is 14.4 Å². The second kappa shape index (κ2) is 10.6. The van der Waals surface area contributed by atoms with Gasteiger partial charge >= 0.3 is 17.9 Å². The van der Waals surface area contributed by atoms with Crippen molar-refractivity contribution in [2.24, 2.45) is 56.7 Å². The number of carbonyl (C=O) groups is 3. The molecule has 0 saturated heterocycles. The van der Waals surface area contributed by atoms with E-state index < -0.39 is 5.97 Å². The van der Waals surface area contributed by atoms with Gasteiger partial charge in [-0.2, -0.15) is 0 Å². The van der Waals surface area contributed by atoms with E-state index >= 15 is 0 Å². The Kier molecular flexibility index (Phi) is 8.00. The lowest BCUT2D eigenvalue weighted by Crippen LogP contribution is -2.67.